The van der Waals surface area contributed by atoms with E-state index >= 15 is 0 Å². The normalized spacial score (nSPS) is 9.81. The molecule has 1 rings (SSSR count). The highest BCUT2D eigenvalue weighted by atomic mass is 16.5. The van der Waals surface area contributed by atoms with Crippen molar-refractivity contribution >= 4 is 6.03 Å². The molecule has 2 N–H and O–H groups in total. The number of urea groups is 1. The van der Waals surface area contributed by atoms with E-state index in [1.54, 1.807) is 12.4 Å². The van der Waals surface area contributed by atoms with Gasteiger partial charge in [0.1, 0.15) is 0 Å². The Labute approximate surface area is 95.2 Å². The van der Waals surface area contributed by atoms with Crippen molar-refractivity contribution in [3.8, 4) is 0 Å². The third kappa shape index (κ3) is 5.31. The molecular weight excluding hydrogens is 206 g/mol. The Kier molecular flexibility index (Phi) is 5.95. The standard InChI is InChI=1S/C11H17N3O2/c1-2-16-7-6-13-11(15)14-9-10-4-3-5-12-8-10/h3-5,8H,2,6-7,9H2,1H3,(H2,13,14,15). The molecule has 0 aromatic carbocycles. The fourth-order valence-corrected chi connectivity index (χ4v) is 1.13. The molecule has 16 heavy (non-hydrogen) atoms. The molecule has 0 atom stereocenters. The zero-order valence-corrected chi connectivity index (χ0v) is 9.40. The van der Waals surface area contributed by atoms with Crippen LogP contribution in [0.1, 0.15) is 12.5 Å². The second-order valence-corrected chi connectivity index (χ2v) is 3.17. The Morgan fingerprint density at radius 1 is 1.50 bits per heavy atom. The average Bonchev–Trinajstić information content (AvgIpc) is 2.33. The third-order valence-electron chi connectivity index (χ3n) is 1.91. The van der Waals surface area contributed by atoms with Crippen LogP contribution in [0.25, 0.3) is 0 Å². The zero-order chi connectivity index (χ0) is 11.6. The second-order valence-electron chi connectivity index (χ2n) is 3.17. The van der Waals surface area contributed by atoms with Gasteiger partial charge in [0, 0.05) is 32.1 Å². The molecule has 5 heteroatoms. The summed E-state index contributed by atoms with van der Waals surface area (Å²) in [4.78, 5) is 15.2. The number of rotatable bonds is 6. The van der Waals surface area contributed by atoms with Gasteiger partial charge in [0.15, 0.2) is 0 Å². The third-order valence-corrected chi connectivity index (χ3v) is 1.91. The smallest absolute Gasteiger partial charge is 0.315 e. The molecule has 0 saturated carbocycles. The van der Waals surface area contributed by atoms with Gasteiger partial charge in [-0.15, -0.1) is 0 Å². The second kappa shape index (κ2) is 7.64. The molecule has 2 amide bonds. The Morgan fingerprint density at radius 3 is 3.06 bits per heavy atom. The van der Waals surface area contributed by atoms with Crippen molar-refractivity contribution in [2.75, 3.05) is 19.8 Å². The summed E-state index contributed by atoms with van der Waals surface area (Å²) in [6.07, 6.45) is 3.42. The number of nitrogens with zero attached hydrogens (tertiary/aromatic N) is 1. The van der Waals surface area contributed by atoms with Crippen LogP contribution in [0.3, 0.4) is 0 Å². The minimum atomic E-state index is -0.191. The Morgan fingerprint density at radius 2 is 2.38 bits per heavy atom. The van der Waals surface area contributed by atoms with E-state index in [0.717, 1.165) is 5.56 Å². The van der Waals surface area contributed by atoms with E-state index in [1.165, 1.54) is 0 Å². The molecule has 1 heterocycles. The van der Waals surface area contributed by atoms with Gasteiger partial charge in [-0.05, 0) is 18.6 Å². The average molecular weight is 223 g/mol. The Hall–Kier alpha value is -1.62. The van der Waals surface area contributed by atoms with Crippen molar-refractivity contribution in [2.45, 2.75) is 13.5 Å². The van der Waals surface area contributed by atoms with E-state index in [0.29, 0.717) is 26.3 Å². The summed E-state index contributed by atoms with van der Waals surface area (Å²) in [6.45, 7) is 4.12. The molecule has 1 aromatic rings. The van der Waals surface area contributed by atoms with Gasteiger partial charge >= 0.3 is 6.03 Å². The van der Waals surface area contributed by atoms with Crippen LogP contribution in [-0.4, -0.2) is 30.8 Å². The predicted octanol–water partition coefficient (Wildman–Crippen LogP) is 0.917. The summed E-state index contributed by atoms with van der Waals surface area (Å²) in [7, 11) is 0. The summed E-state index contributed by atoms with van der Waals surface area (Å²) in [5, 5.41) is 5.42. The molecular formula is C11H17N3O2. The van der Waals surface area contributed by atoms with Gasteiger partial charge in [-0.25, -0.2) is 4.79 Å². The number of aromatic nitrogens is 1. The molecule has 0 aliphatic rings. The monoisotopic (exact) mass is 223 g/mol. The number of hydrogen-bond acceptors (Lipinski definition) is 3. The van der Waals surface area contributed by atoms with Crippen LogP contribution in [0.5, 0.6) is 0 Å². The van der Waals surface area contributed by atoms with Crippen LogP contribution in [0.4, 0.5) is 4.79 Å². The first kappa shape index (κ1) is 12.4. The highest BCUT2D eigenvalue weighted by molar-refractivity contribution is 5.73. The minimum Gasteiger partial charge on any atom is -0.380 e. The molecule has 5 nitrogen and oxygen atoms in total. The van der Waals surface area contributed by atoms with Crippen LogP contribution < -0.4 is 10.6 Å². The van der Waals surface area contributed by atoms with Gasteiger partial charge in [-0.2, -0.15) is 0 Å². The molecule has 88 valence electrons. The molecule has 0 spiro atoms. The number of amides is 2. The maximum atomic E-state index is 11.3. The van der Waals surface area contributed by atoms with Crippen LogP contribution in [0, 0.1) is 0 Å². The highest BCUT2D eigenvalue weighted by Crippen LogP contribution is 1.93. The summed E-state index contributed by atoms with van der Waals surface area (Å²) in [6, 6.07) is 3.56. The first-order valence-corrected chi connectivity index (χ1v) is 5.31. The lowest BCUT2D eigenvalue weighted by molar-refractivity contribution is 0.149. The van der Waals surface area contributed by atoms with E-state index in [2.05, 4.69) is 15.6 Å². The molecule has 0 saturated heterocycles. The molecule has 0 radical (unpaired) electrons. The first-order chi connectivity index (χ1) is 7.83. The van der Waals surface area contributed by atoms with Gasteiger partial charge in [0.2, 0.25) is 0 Å². The lowest BCUT2D eigenvalue weighted by Crippen LogP contribution is -2.36. The van der Waals surface area contributed by atoms with Gasteiger partial charge in [0.25, 0.3) is 0 Å². The fourth-order valence-electron chi connectivity index (χ4n) is 1.13. The van der Waals surface area contributed by atoms with E-state index in [-0.39, 0.29) is 6.03 Å². The lowest BCUT2D eigenvalue weighted by Gasteiger charge is -2.07. The van der Waals surface area contributed by atoms with Crippen molar-refractivity contribution < 1.29 is 9.53 Å². The molecule has 0 aliphatic heterocycles. The number of carbonyl (C=O) groups is 1. The predicted molar refractivity (Wildman–Crippen MR) is 61.0 cm³/mol. The molecule has 0 aliphatic carbocycles. The summed E-state index contributed by atoms with van der Waals surface area (Å²) < 4.78 is 5.09. The molecule has 0 bridgehead atoms. The van der Waals surface area contributed by atoms with Gasteiger partial charge < -0.3 is 15.4 Å². The number of carbonyl (C=O) groups excluding carboxylic acids is 1. The van der Waals surface area contributed by atoms with Crippen molar-refractivity contribution in [1.29, 1.82) is 0 Å². The summed E-state index contributed by atoms with van der Waals surface area (Å²) >= 11 is 0. The van der Waals surface area contributed by atoms with Crippen molar-refractivity contribution in [1.82, 2.24) is 15.6 Å². The Balaban J connectivity index is 2.11. The number of ether oxygens (including phenoxy) is 1. The fraction of sp³-hybridized carbons (Fsp3) is 0.455. The molecule has 0 fully saturated rings. The van der Waals surface area contributed by atoms with E-state index in [1.807, 2.05) is 19.1 Å². The maximum Gasteiger partial charge on any atom is 0.315 e. The SMILES string of the molecule is CCOCCNC(=O)NCc1cccnc1. The van der Waals surface area contributed by atoms with Crippen LogP contribution in [0.15, 0.2) is 24.5 Å². The van der Waals surface area contributed by atoms with Gasteiger partial charge in [-0.1, -0.05) is 6.07 Å². The van der Waals surface area contributed by atoms with E-state index in [4.69, 9.17) is 4.74 Å². The Bertz CT molecular complexity index is 303. The largest absolute Gasteiger partial charge is 0.380 e. The summed E-state index contributed by atoms with van der Waals surface area (Å²) in [5.41, 5.74) is 0.974. The summed E-state index contributed by atoms with van der Waals surface area (Å²) in [5.74, 6) is 0. The maximum absolute atomic E-state index is 11.3. The number of hydrogen-bond donors (Lipinski definition) is 2. The van der Waals surface area contributed by atoms with E-state index < -0.39 is 0 Å². The first-order valence-electron chi connectivity index (χ1n) is 5.31. The van der Waals surface area contributed by atoms with Crippen LogP contribution in [0.2, 0.25) is 0 Å². The van der Waals surface area contributed by atoms with Crippen LogP contribution >= 0.6 is 0 Å². The van der Waals surface area contributed by atoms with Crippen molar-refractivity contribution in [2.24, 2.45) is 0 Å². The number of nitrogens with one attached hydrogen (secondary N) is 2. The lowest BCUT2D eigenvalue weighted by atomic mass is 10.3. The van der Waals surface area contributed by atoms with Crippen molar-refractivity contribution in [3.05, 3.63) is 30.1 Å². The van der Waals surface area contributed by atoms with Crippen molar-refractivity contribution in [3.63, 3.8) is 0 Å². The van der Waals surface area contributed by atoms with Crippen LogP contribution in [-0.2, 0) is 11.3 Å². The zero-order valence-electron chi connectivity index (χ0n) is 9.40. The van der Waals surface area contributed by atoms with Gasteiger partial charge in [0.05, 0.1) is 6.61 Å². The topological polar surface area (TPSA) is 63.2 Å². The molecule has 0 unspecified atom stereocenters. The minimum absolute atomic E-state index is 0.191. The van der Waals surface area contributed by atoms with E-state index in [9.17, 15) is 4.79 Å². The van der Waals surface area contributed by atoms with Gasteiger partial charge in [-0.3, -0.25) is 4.98 Å². The molecule has 1 aromatic heterocycles. The quantitative estimate of drug-likeness (QED) is 0.705. The number of pyridine rings is 1. The highest BCUT2D eigenvalue weighted by Gasteiger charge is 1.98.